The van der Waals surface area contributed by atoms with Gasteiger partial charge in [-0.3, -0.25) is 0 Å². The van der Waals surface area contributed by atoms with Crippen molar-refractivity contribution in [1.82, 2.24) is 0 Å². The molecule has 0 radical (unpaired) electrons. The van der Waals surface area contributed by atoms with Crippen molar-refractivity contribution in [2.24, 2.45) is 0 Å². The Bertz CT molecular complexity index is 688. The van der Waals surface area contributed by atoms with Crippen molar-refractivity contribution >= 4 is 26.0 Å². The molecule has 0 spiro atoms. The summed E-state index contributed by atoms with van der Waals surface area (Å²) in [5.74, 6) is -1.52. The number of rotatable bonds is 1. The lowest BCUT2D eigenvalue weighted by Crippen LogP contribution is -2.04. The summed E-state index contributed by atoms with van der Waals surface area (Å²) in [5.41, 5.74) is -0.595. The molecule has 0 aromatic heterocycles. The first-order chi connectivity index (χ1) is 7.26. The molecule has 0 saturated carbocycles. The molecule has 1 aliphatic heterocycles. The van der Waals surface area contributed by atoms with Gasteiger partial charge in [0.15, 0.2) is 0 Å². The van der Waals surface area contributed by atoms with E-state index in [-0.39, 0.29) is 0 Å². The summed E-state index contributed by atoms with van der Waals surface area (Å²) in [4.78, 5) is 9.41. The van der Waals surface area contributed by atoms with Crippen molar-refractivity contribution in [3.8, 4) is 0 Å². The highest BCUT2D eigenvalue weighted by atomic mass is 32.3. The largest absolute Gasteiger partial charge is 0.478 e. The summed E-state index contributed by atoms with van der Waals surface area (Å²) in [6.45, 7) is 0. The van der Waals surface area contributed by atoms with E-state index in [1.165, 1.54) is 0 Å². The molecule has 0 atom stereocenters. The van der Waals surface area contributed by atoms with E-state index < -0.39 is 41.4 Å². The Labute approximate surface area is 90.8 Å². The van der Waals surface area contributed by atoms with E-state index in [4.69, 9.17) is 5.11 Å². The number of carbonyl (C=O) groups is 1. The Kier molecular flexibility index (Phi) is 2.09. The summed E-state index contributed by atoms with van der Waals surface area (Å²) < 4.78 is 48.0. The molecule has 0 amide bonds. The zero-order chi connectivity index (χ0) is 12.1. The van der Waals surface area contributed by atoms with E-state index in [2.05, 4.69) is 4.13 Å². The second-order valence-corrected chi connectivity index (χ2v) is 6.31. The molecular formula is C7H4NO6S2-. The number of carboxylic acids is 1. The third kappa shape index (κ3) is 1.40. The normalized spacial score (nSPS) is 20.2. The predicted molar refractivity (Wildman–Crippen MR) is 51.1 cm³/mol. The monoisotopic (exact) mass is 262 g/mol. The number of fused-ring (bicyclic) bond motifs is 1. The third-order valence-corrected chi connectivity index (χ3v) is 5.49. The number of carboxylic acid groups (broad SMARTS) is 1. The van der Waals surface area contributed by atoms with Crippen LogP contribution in [0.15, 0.2) is 28.0 Å². The van der Waals surface area contributed by atoms with Crippen LogP contribution in [0.5, 0.6) is 0 Å². The van der Waals surface area contributed by atoms with Crippen LogP contribution in [0, 0.1) is 0 Å². The smallest absolute Gasteiger partial charge is 0.336 e. The van der Waals surface area contributed by atoms with E-state index in [1.807, 2.05) is 0 Å². The molecule has 9 heteroatoms. The molecule has 1 aromatic rings. The van der Waals surface area contributed by atoms with Crippen molar-refractivity contribution in [3.05, 3.63) is 27.9 Å². The van der Waals surface area contributed by atoms with Gasteiger partial charge in [0.25, 0.3) is 0 Å². The van der Waals surface area contributed by atoms with Gasteiger partial charge >= 0.3 is 5.97 Å². The second-order valence-electron chi connectivity index (χ2n) is 2.96. The lowest BCUT2D eigenvalue weighted by Gasteiger charge is -2.07. The van der Waals surface area contributed by atoms with Crippen LogP contribution < -0.4 is 0 Å². The lowest BCUT2D eigenvalue weighted by molar-refractivity contribution is 0.0692. The Morgan fingerprint density at radius 1 is 1.12 bits per heavy atom. The number of sulfonamides is 2. The fourth-order valence-electron chi connectivity index (χ4n) is 1.36. The van der Waals surface area contributed by atoms with Crippen LogP contribution >= 0.6 is 0 Å². The summed E-state index contributed by atoms with van der Waals surface area (Å²) >= 11 is 0. The average molecular weight is 262 g/mol. The number of nitrogens with zero attached hydrogens (tertiary/aromatic N) is 1. The van der Waals surface area contributed by atoms with Crippen molar-refractivity contribution in [2.75, 3.05) is 0 Å². The SMILES string of the molecule is O=C(O)c1cccc2c1S(=O)(=O)[N-]S2(=O)=O. The van der Waals surface area contributed by atoms with Gasteiger partial charge in [0.05, 0.1) is 15.4 Å². The maximum Gasteiger partial charge on any atom is 0.336 e. The topological polar surface area (TPSA) is 120 Å². The van der Waals surface area contributed by atoms with Crippen molar-refractivity contribution < 1.29 is 26.7 Å². The standard InChI is InChI=1S/C7H4NO6S2/c9-7(10)4-2-1-3-5-6(4)16(13,14)8-15(5,11)12/h1-3H,(H,9,10)/q-1. The Balaban J connectivity index is 2.98. The molecule has 0 saturated heterocycles. The van der Waals surface area contributed by atoms with Gasteiger partial charge in [-0.15, -0.1) is 0 Å². The first-order valence-electron chi connectivity index (χ1n) is 3.86. The minimum Gasteiger partial charge on any atom is -0.478 e. The van der Waals surface area contributed by atoms with Gasteiger partial charge in [0.1, 0.15) is 20.0 Å². The minimum atomic E-state index is -4.43. The number of hydrogen-bond acceptors (Lipinski definition) is 5. The quantitative estimate of drug-likeness (QED) is 0.769. The Morgan fingerprint density at radius 3 is 2.31 bits per heavy atom. The summed E-state index contributed by atoms with van der Waals surface area (Å²) in [6.07, 6.45) is 0. The predicted octanol–water partition coefficient (Wildman–Crippen LogP) is 0.150. The van der Waals surface area contributed by atoms with E-state index in [0.29, 0.717) is 0 Å². The fourth-order valence-corrected chi connectivity index (χ4v) is 5.00. The van der Waals surface area contributed by atoms with E-state index >= 15 is 0 Å². The van der Waals surface area contributed by atoms with Crippen molar-refractivity contribution in [2.45, 2.75) is 9.79 Å². The summed E-state index contributed by atoms with van der Waals surface area (Å²) in [7, 11) is -8.73. The van der Waals surface area contributed by atoms with Crippen LogP contribution in [0.2, 0.25) is 0 Å². The van der Waals surface area contributed by atoms with Gasteiger partial charge < -0.3 is 9.23 Å². The van der Waals surface area contributed by atoms with Crippen molar-refractivity contribution in [1.29, 1.82) is 0 Å². The van der Waals surface area contributed by atoms with Crippen LogP contribution in [-0.4, -0.2) is 27.9 Å². The molecule has 1 aliphatic rings. The van der Waals surface area contributed by atoms with Crippen LogP contribution in [0.25, 0.3) is 4.13 Å². The molecule has 86 valence electrons. The number of benzene rings is 1. The zero-order valence-electron chi connectivity index (χ0n) is 7.48. The van der Waals surface area contributed by atoms with E-state index in [0.717, 1.165) is 18.2 Å². The Hall–Kier alpha value is -1.45. The highest BCUT2D eigenvalue weighted by molar-refractivity contribution is 8.14. The van der Waals surface area contributed by atoms with Gasteiger partial charge in [-0.25, -0.2) is 21.6 Å². The molecule has 1 heterocycles. The molecule has 1 aromatic carbocycles. The number of aromatic carboxylic acids is 1. The van der Waals surface area contributed by atoms with E-state index in [1.54, 1.807) is 0 Å². The zero-order valence-corrected chi connectivity index (χ0v) is 9.12. The first-order valence-corrected chi connectivity index (χ1v) is 6.74. The van der Waals surface area contributed by atoms with Crippen molar-refractivity contribution in [3.63, 3.8) is 0 Å². The van der Waals surface area contributed by atoms with Gasteiger partial charge in [0.2, 0.25) is 0 Å². The van der Waals surface area contributed by atoms with E-state index in [9.17, 15) is 21.6 Å². The molecule has 7 nitrogen and oxygen atoms in total. The van der Waals surface area contributed by atoms with Crippen LogP contribution in [-0.2, 0) is 20.0 Å². The molecule has 0 fully saturated rings. The average Bonchev–Trinajstić information content (AvgIpc) is 2.33. The highest BCUT2D eigenvalue weighted by Gasteiger charge is 2.32. The molecule has 0 unspecified atom stereocenters. The molecule has 16 heavy (non-hydrogen) atoms. The van der Waals surface area contributed by atoms with Gasteiger partial charge in [0, 0.05) is 0 Å². The molecule has 0 aliphatic carbocycles. The lowest BCUT2D eigenvalue weighted by atomic mass is 10.2. The van der Waals surface area contributed by atoms with Crippen LogP contribution in [0.1, 0.15) is 10.4 Å². The molecular weight excluding hydrogens is 258 g/mol. The number of hydrogen-bond donors (Lipinski definition) is 1. The molecule has 0 bridgehead atoms. The Morgan fingerprint density at radius 2 is 1.75 bits per heavy atom. The van der Waals surface area contributed by atoms with Crippen LogP contribution in [0.3, 0.4) is 0 Å². The van der Waals surface area contributed by atoms with Gasteiger partial charge in [-0.05, 0) is 12.1 Å². The third-order valence-electron chi connectivity index (χ3n) is 1.94. The molecule has 2 rings (SSSR count). The highest BCUT2D eigenvalue weighted by Crippen LogP contribution is 2.40. The van der Waals surface area contributed by atoms with Gasteiger partial charge in [-0.2, -0.15) is 0 Å². The van der Waals surface area contributed by atoms with Gasteiger partial charge in [-0.1, -0.05) is 6.07 Å². The molecule has 1 N–H and O–H groups in total. The first kappa shape index (κ1) is 11.0. The minimum absolute atomic E-state index is 0.590. The van der Waals surface area contributed by atoms with Crippen LogP contribution in [0.4, 0.5) is 0 Å². The summed E-state index contributed by atoms with van der Waals surface area (Å²) in [6, 6.07) is 3.16. The maximum atomic E-state index is 11.4. The maximum absolute atomic E-state index is 11.4. The second kappa shape index (κ2) is 3.03. The fraction of sp³-hybridized carbons (Fsp3) is 0. The summed E-state index contributed by atoms with van der Waals surface area (Å²) in [5, 5.41) is 8.75.